The lowest BCUT2D eigenvalue weighted by atomic mass is 9.85. The first-order valence-electron chi connectivity index (χ1n) is 10.2. The predicted octanol–water partition coefficient (Wildman–Crippen LogP) is 3.67. The number of rotatable bonds is 5. The fraction of sp³-hybridized carbons (Fsp3) is 0.571. The summed E-state index contributed by atoms with van der Waals surface area (Å²) in [7, 11) is 0. The molecule has 1 N–H and O–H groups in total. The molecule has 27 heavy (non-hydrogen) atoms. The zero-order valence-corrected chi connectivity index (χ0v) is 15.8. The number of nitrogens with one attached hydrogen (secondary N) is 1. The molecule has 1 aliphatic heterocycles. The molecule has 1 aliphatic carbocycles. The second-order valence-electron chi connectivity index (χ2n) is 7.68. The third-order valence-corrected chi connectivity index (χ3v) is 5.77. The number of hydrogen-bond acceptors (Lipinski definition) is 4. The molecule has 0 unspecified atom stereocenters. The number of pyridine rings is 1. The van der Waals surface area contributed by atoms with E-state index in [0.717, 1.165) is 49.2 Å². The maximum atomic E-state index is 13.1. The predicted molar refractivity (Wildman–Crippen MR) is 102 cm³/mol. The number of nitrogens with zero attached hydrogens (tertiary/aromatic N) is 3. The van der Waals surface area contributed by atoms with E-state index in [4.69, 9.17) is 4.74 Å². The maximum Gasteiger partial charge on any atom is 0.257 e. The standard InChI is InChI=1S/C21H28N4O2/c26-21(19-13-23-24-20(19)16-7-2-1-3-8-16)25-12-6-10-18(14-25)27-15-17-9-4-5-11-22-17/h4-5,9,11,13,16,18H,1-3,6-8,10,12,14-15H2,(H,23,24)/t18-/m1/s1. The van der Waals surface area contributed by atoms with Crippen molar-refractivity contribution in [2.24, 2.45) is 0 Å². The third-order valence-electron chi connectivity index (χ3n) is 5.77. The van der Waals surface area contributed by atoms with Crippen LogP contribution in [0.5, 0.6) is 0 Å². The molecule has 1 saturated heterocycles. The van der Waals surface area contributed by atoms with Gasteiger partial charge in [-0.15, -0.1) is 0 Å². The summed E-state index contributed by atoms with van der Waals surface area (Å²) in [6.07, 6.45) is 11.6. The van der Waals surface area contributed by atoms with Gasteiger partial charge in [0.15, 0.2) is 0 Å². The highest BCUT2D eigenvalue weighted by Gasteiger charge is 2.29. The van der Waals surface area contributed by atoms with Crippen LogP contribution in [0.25, 0.3) is 0 Å². The highest BCUT2D eigenvalue weighted by atomic mass is 16.5. The number of piperidine rings is 1. The summed E-state index contributed by atoms with van der Waals surface area (Å²) in [5.74, 6) is 0.539. The van der Waals surface area contributed by atoms with E-state index in [9.17, 15) is 4.79 Å². The molecule has 2 aromatic rings. The van der Waals surface area contributed by atoms with Gasteiger partial charge in [0.25, 0.3) is 5.91 Å². The van der Waals surface area contributed by atoms with Crippen molar-refractivity contribution >= 4 is 5.91 Å². The normalized spacial score (nSPS) is 21.3. The molecule has 4 rings (SSSR count). The molecule has 6 heteroatoms. The average molecular weight is 368 g/mol. The molecule has 2 fully saturated rings. The zero-order chi connectivity index (χ0) is 18.5. The molecular formula is C21H28N4O2. The quantitative estimate of drug-likeness (QED) is 0.874. The molecule has 6 nitrogen and oxygen atoms in total. The number of carbonyl (C=O) groups excluding carboxylic acids is 1. The van der Waals surface area contributed by atoms with E-state index < -0.39 is 0 Å². The van der Waals surface area contributed by atoms with Gasteiger partial charge in [0.1, 0.15) is 0 Å². The number of aromatic amines is 1. The first kappa shape index (κ1) is 18.2. The lowest BCUT2D eigenvalue weighted by Gasteiger charge is -2.33. The average Bonchev–Trinajstić information content (AvgIpc) is 3.23. The molecule has 1 saturated carbocycles. The van der Waals surface area contributed by atoms with Gasteiger partial charge in [-0.3, -0.25) is 14.9 Å². The van der Waals surface area contributed by atoms with Crippen LogP contribution < -0.4 is 0 Å². The molecule has 0 spiro atoms. The summed E-state index contributed by atoms with van der Waals surface area (Å²) >= 11 is 0. The molecule has 2 aromatic heterocycles. The van der Waals surface area contributed by atoms with Crippen molar-refractivity contribution in [3.63, 3.8) is 0 Å². The Labute approximate surface area is 160 Å². The lowest BCUT2D eigenvalue weighted by molar-refractivity contribution is -0.00789. The van der Waals surface area contributed by atoms with Crippen molar-refractivity contribution in [2.75, 3.05) is 13.1 Å². The van der Waals surface area contributed by atoms with Gasteiger partial charge in [0.2, 0.25) is 0 Å². The monoisotopic (exact) mass is 368 g/mol. The summed E-state index contributed by atoms with van der Waals surface area (Å²) < 4.78 is 6.03. The smallest absolute Gasteiger partial charge is 0.257 e. The largest absolute Gasteiger partial charge is 0.370 e. The van der Waals surface area contributed by atoms with Crippen LogP contribution >= 0.6 is 0 Å². The minimum Gasteiger partial charge on any atom is -0.370 e. The molecular weight excluding hydrogens is 340 g/mol. The van der Waals surface area contributed by atoms with Gasteiger partial charge < -0.3 is 9.64 Å². The minimum atomic E-state index is 0.0646. The summed E-state index contributed by atoms with van der Waals surface area (Å²) in [5, 5.41) is 7.31. The zero-order valence-electron chi connectivity index (χ0n) is 15.8. The first-order valence-corrected chi connectivity index (χ1v) is 10.2. The molecule has 3 heterocycles. The topological polar surface area (TPSA) is 71.1 Å². The van der Waals surface area contributed by atoms with Crippen molar-refractivity contribution in [1.29, 1.82) is 0 Å². The van der Waals surface area contributed by atoms with Crippen LogP contribution in [0.15, 0.2) is 30.6 Å². The Balaban J connectivity index is 1.38. The Morgan fingerprint density at radius 3 is 2.89 bits per heavy atom. The van der Waals surface area contributed by atoms with Crippen LogP contribution in [-0.2, 0) is 11.3 Å². The van der Waals surface area contributed by atoms with Crippen LogP contribution in [0.4, 0.5) is 0 Å². The van der Waals surface area contributed by atoms with Crippen LogP contribution in [0, 0.1) is 0 Å². The highest BCUT2D eigenvalue weighted by molar-refractivity contribution is 5.95. The highest BCUT2D eigenvalue weighted by Crippen LogP contribution is 2.33. The summed E-state index contributed by atoms with van der Waals surface area (Å²) in [6, 6.07) is 5.83. The summed E-state index contributed by atoms with van der Waals surface area (Å²) in [5.41, 5.74) is 2.72. The lowest BCUT2D eigenvalue weighted by Crippen LogP contribution is -2.43. The Hall–Kier alpha value is -2.21. The van der Waals surface area contributed by atoms with Crippen molar-refractivity contribution in [1.82, 2.24) is 20.1 Å². The van der Waals surface area contributed by atoms with Crippen LogP contribution in [-0.4, -0.2) is 45.2 Å². The van der Waals surface area contributed by atoms with E-state index in [1.54, 1.807) is 12.4 Å². The van der Waals surface area contributed by atoms with E-state index in [0.29, 0.717) is 19.1 Å². The molecule has 0 aromatic carbocycles. The number of amides is 1. The van der Waals surface area contributed by atoms with Gasteiger partial charge in [-0.25, -0.2) is 0 Å². The van der Waals surface area contributed by atoms with Gasteiger partial charge in [0, 0.05) is 25.2 Å². The summed E-state index contributed by atoms with van der Waals surface area (Å²) in [4.78, 5) is 19.4. The maximum absolute atomic E-state index is 13.1. The Bertz CT molecular complexity index is 740. The Morgan fingerprint density at radius 2 is 2.07 bits per heavy atom. The van der Waals surface area contributed by atoms with Gasteiger partial charge in [-0.2, -0.15) is 5.10 Å². The van der Waals surface area contributed by atoms with Crippen molar-refractivity contribution < 1.29 is 9.53 Å². The van der Waals surface area contributed by atoms with Gasteiger partial charge in [-0.05, 0) is 37.8 Å². The second-order valence-corrected chi connectivity index (χ2v) is 7.68. The molecule has 1 amide bonds. The van der Waals surface area contributed by atoms with Crippen molar-refractivity contribution in [2.45, 2.75) is 63.6 Å². The molecule has 0 radical (unpaired) electrons. The molecule has 2 aliphatic rings. The number of hydrogen-bond donors (Lipinski definition) is 1. The van der Waals surface area contributed by atoms with E-state index in [1.807, 2.05) is 23.1 Å². The SMILES string of the molecule is O=C(c1cn[nH]c1C1CCCCC1)N1CCC[C@@H](OCc2ccccn2)C1. The van der Waals surface area contributed by atoms with Gasteiger partial charge >= 0.3 is 0 Å². The molecule has 0 bridgehead atoms. The van der Waals surface area contributed by atoms with Crippen LogP contribution in [0.1, 0.15) is 72.6 Å². The fourth-order valence-corrected chi connectivity index (χ4v) is 4.28. The van der Waals surface area contributed by atoms with Crippen LogP contribution in [0.3, 0.4) is 0 Å². The Kier molecular flexibility index (Phi) is 5.82. The van der Waals surface area contributed by atoms with Crippen molar-refractivity contribution in [3.05, 3.63) is 47.5 Å². The van der Waals surface area contributed by atoms with E-state index in [1.165, 1.54) is 19.3 Å². The second kappa shape index (κ2) is 8.65. The molecule has 144 valence electrons. The number of ether oxygens (including phenoxy) is 1. The van der Waals surface area contributed by atoms with Gasteiger partial charge in [0.05, 0.1) is 35.9 Å². The van der Waals surface area contributed by atoms with E-state index in [2.05, 4.69) is 15.2 Å². The number of carbonyl (C=O) groups is 1. The van der Waals surface area contributed by atoms with Gasteiger partial charge in [-0.1, -0.05) is 25.3 Å². The molecule has 1 atom stereocenters. The summed E-state index contributed by atoms with van der Waals surface area (Å²) in [6.45, 7) is 1.92. The fourth-order valence-electron chi connectivity index (χ4n) is 4.28. The number of H-pyrrole nitrogens is 1. The van der Waals surface area contributed by atoms with E-state index >= 15 is 0 Å². The van der Waals surface area contributed by atoms with Crippen LogP contribution in [0.2, 0.25) is 0 Å². The first-order chi connectivity index (χ1) is 13.3. The third kappa shape index (κ3) is 4.38. The van der Waals surface area contributed by atoms with Crippen molar-refractivity contribution in [3.8, 4) is 0 Å². The Morgan fingerprint density at radius 1 is 1.19 bits per heavy atom. The van der Waals surface area contributed by atoms with E-state index in [-0.39, 0.29) is 12.0 Å². The number of likely N-dealkylation sites (tertiary alicyclic amines) is 1. The number of aromatic nitrogens is 3. The minimum absolute atomic E-state index is 0.0646.